The number of phenolic OH excluding ortho intramolecular Hbond substituents is 1. The number of imide groups is 1. The number of dihydropyridines is 1. The molecule has 15 heteroatoms. The molecular weight excluding hydrogens is 642 g/mol. The first-order valence-corrected chi connectivity index (χ1v) is 15.4. The van der Waals surface area contributed by atoms with E-state index < -0.39 is 78.3 Å². The molecule has 0 spiro atoms. The van der Waals surface area contributed by atoms with Crippen molar-refractivity contribution >= 4 is 23.4 Å². The molecular formula is C34H35N3O12. The zero-order valence-electron chi connectivity index (χ0n) is 26.5. The van der Waals surface area contributed by atoms with E-state index >= 15 is 0 Å². The van der Waals surface area contributed by atoms with Gasteiger partial charge in [-0.1, -0.05) is 6.08 Å². The van der Waals surface area contributed by atoms with Gasteiger partial charge in [-0.3, -0.25) is 24.1 Å². The van der Waals surface area contributed by atoms with Crippen LogP contribution in [0.2, 0.25) is 0 Å². The first kappa shape index (κ1) is 33.8. The Morgan fingerprint density at radius 1 is 1.06 bits per heavy atom. The molecule has 8 N–H and O–H groups in total. The second-order valence-electron chi connectivity index (χ2n) is 12.3. The first-order valence-electron chi connectivity index (χ1n) is 15.4. The van der Waals surface area contributed by atoms with E-state index in [4.69, 9.17) is 19.9 Å². The molecule has 3 aliphatic heterocycles. The van der Waals surface area contributed by atoms with Gasteiger partial charge in [0, 0.05) is 48.4 Å². The van der Waals surface area contributed by atoms with Crippen molar-refractivity contribution in [1.82, 2.24) is 10.2 Å². The summed E-state index contributed by atoms with van der Waals surface area (Å²) in [5.74, 6) is -3.70. The maximum atomic E-state index is 13.8. The molecule has 15 nitrogen and oxygen atoms in total. The van der Waals surface area contributed by atoms with Crippen molar-refractivity contribution in [1.29, 1.82) is 0 Å². The molecule has 2 aromatic rings. The molecule has 3 heterocycles. The predicted molar refractivity (Wildman–Crippen MR) is 168 cm³/mol. The Bertz CT molecular complexity index is 1830. The Hall–Kier alpha value is -5.06. The molecule has 49 heavy (non-hydrogen) atoms. The number of nitrogens with zero attached hydrogens (tertiary/aromatic N) is 1. The van der Waals surface area contributed by atoms with E-state index in [2.05, 4.69) is 5.32 Å². The fraction of sp³-hybridized carbons (Fsp3) is 0.353. The molecule has 6 atom stereocenters. The fourth-order valence-electron chi connectivity index (χ4n) is 6.72. The van der Waals surface area contributed by atoms with Crippen molar-refractivity contribution in [3.8, 4) is 17.2 Å². The normalized spacial score (nSPS) is 26.9. The molecule has 6 rings (SSSR count). The first-order chi connectivity index (χ1) is 23.3. The fourth-order valence-corrected chi connectivity index (χ4v) is 6.72. The van der Waals surface area contributed by atoms with E-state index in [1.165, 1.54) is 31.4 Å². The molecule has 1 saturated heterocycles. The van der Waals surface area contributed by atoms with Crippen LogP contribution in [0, 0.1) is 12.8 Å². The highest BCUT2D eigenvalue weighted by Crippen LogP contribution is 2.43. The number of methoxy groups -OCH3 is 1. The van der Waals surface area contributed by atoms with Crippen molar-refractivity contribution in [2.24, 2.45) is 11.7 Å². The molecule has 1 fully saturated rings. The Morgan fingerprint density at radius 3 is 2.41 bits per heavy atom. The maximum Gasteiger partial charge on any atom is 0.253 e. The van der Waals surface area contributed by atoms with E-state index in [9.17, 15) is 44.7 Å². The molecule has 2 amide bonds. The van der Waals surface area contributed by atoms with E-state index in [-0.39, 0.29) is 46.1 Å². The van der Waals surface area contributed by atoms with Crippen LogP contribution in [0.15, 0.2) is 60.0 Å². The van der Waals surface area contributed by atoms with Gasteiger partial charge in [0.1, 0.15) is 41.2 Å². The Kier molecular flexibility index (Phi) is 8.81. The van der Waals surface area contributed by atoms with Gasteiger partial charge in [-0.15, -0.1) is 0 Å². The molecule has 4 aliphatic rings. The van der Waals surface area contributed by atoms with Crippen LogP contribution in [0.4, 0.5) is 0 Å². The predicted octanol–water partition coefficient (Wildman–Crippen LogP) is -0.705. The number of hydrogen-bond donors (Lipinski definition) is 7. The minimum absolute atomic E-state index is 0.0212. The number of carbonyl (C=O) groups excluding carboxylic acids is 4. The van der Waals surface area contributed by atoms with Crippen LogP contribution < -0.4 is 20.5 Å². The van der Waals surface area contributed by atoms with Gasteiger partial charge in [0.05, 0.1) is 30.7 Å². The number of benzene rings is 2. The number of ketones is 2. The summed E-state index contributed by atoms with van der Waals surface area (Å²) < 4.78 is 17.1. The third-order valence-electron chi connectivity index (χ3n) is 9.21. The number of fused-ring (bicyclic) bond motifs is 2. The Morgan fingerprint density at radius 2 is 1.76 bits per heavy atom. The topological polar surface area (TPSA) is 238 Å². The van der Waals surface area contributed by atoms with Gasteiger partial charge in [-0.05, 0) is 48.8 Å². The lowest BCUT2D eigenvalue weighted by atomic mass is 9.75. The van der Waals surface area contributed by atoms with Gasteiger partial charge in [-0.2, -0.15) is 0 Å². The zero-order valence-corrected chi connectivity index (χ0v) is 26.5. The number of carbonyl (C=O) groups is 4. The summed E-state index contributed by atoms with van der Waals surface area (Å²) in [6.45, 7) is 0.827. The lowest BCUT2D eigenvalue weighted by molar-refractivity contribution is -0.316. The second-order valence-corrected chi connectivity index (χ2v) is 12.3. The summed E-state index contributed by atoms with van der Waals surface area (Å²) in [7, 11) is 1.32. The van der Waals surface area contributed by atoms with E-state index in [1.807, 2.05) is 0 Å². The second kappa shape index (κ2) is 12.8. The average Bonchev–Trinajstić information content (AvgIpc) is 3.38. The van der Waals surface area contributed by atoms with Gasteiger partial charge >= 0.3 is 0 Å². The number of aromatic hydroxyl groups is 1. The maximum absolute atomic E-state index is 13.8. The summed E-state index contributed by atoms with van der Waals surface area (Å²) in [5.41, 5.74) is 4.00. The molecule has 0 aromatic heterocycles. The molecule has 0 radical (unpaired) electrons. The molecule has 1 aliphatic carbocycles. The minimum atomic E-state index is -2.38. The van der Waals surface area contributed by atoms with Crippen LogP contribution >= 0.6 is 0 Å². The lowest BCUT2D eigenvalue weighted by Crippen LogP contribution is -2.68. The molecule has 0 unspecified atom stereocenters. The summed E-state index contributed by atoms with van der Waals surface area (Å²) in [6, 6.07) is 5.39. The lowest BCUT2D eigenvalue weighted by Gasteiger charge is -2.49. The van der Waals surface area contributed by atoms with Crippen molar-refractivity contribution in [2.75, 3.05) is 26.8 Å². The summed E-state index contributed by atoms with van der Waals surface area (Å²) >= 11 is 0. The van der Waals surface area contributed by atoms with Crippen LogP contribution in [-0.4, -0.2) is 111 Å². The largest absolute Gasteiger partial charge is 0.507 e. The number of rotatable bonds is 9. The van der Waals surface area contributed by atoms with Gasteiger partial charge in [0.25, 0.3) is 11.8 Å². The number of nitrogens with two attached hydrogens (primary N) is 1. The molecule has 258 valence electrons. The number of allylic oxidation sites excluding steroid dienone is 1. The Labute approximate surface area is 279 Å². The number of phenols is 1. The van der Waals surface area contributed by atoms with Crippen molar-refractivity contribution in [3.05, 3.63) is 87.8 Å². The highest BCUT2D eigenvalue weighted by Gasteiger charge is 2.56. The van der Waals surface area contributed by atoms with E-state index in [0.29, 0.717) is 17.7 Å². The number of aryl methyl sites for hydroxylation is 1. The van der Waals surface area contributed by atoms with Crippen LogP contribution in [0.3, 0.4) is 0 Å². The third kappa shape index (κ3) is 5.85. The number of aliphatic hydroxyl groups excluding tert-OH is 3. The SMILES string of the molecule is COc1cc(O[C@@H]2O[C@H](CO)[C@](O)(C[C@H](CN3C(=O)C=CC3=O)C3=CCNC(N)=C3)[C@H](O)[C@H]2O)c2c(c1)C(=O)c1cc(C)cc(O)c1C2=O. The zero-order chi connectivity index (χ0) is 35.4. The highest BCUT2D eigenvalue weighted by molar-refractivity contribution is 6.30. The number of ether oxygens (including phenoxy) is 3. The van der Waals surface area contributed by atoms with Crippen LogP contribution in [0.1, 0.15) is 43.8 Å². The number of nitrogens with one attached hydrogen (secondary N) is 1. The quantitative estimate of drug-likeness (QED) is 0.139. The van der Waals surface area contributed by atoms with Gasteiger partial charge in [0.15, 0.2) is 5.78 Å². The van der Waals surface area contributed by atoms with E-state index in [0.717, 1.165) is 17.1 Å². The van der Waals surface area contributed by atoms with Crippen molar-refractivity contribution in [3.63, 3.8) is 0 Å². The van der Waals surface area contributed by atoms with Crippen LogP contribution in [0.25, 0.3) is 0 Å². The van der Waals surface area contributed by atoms with Crippen molar-refractivity contribution in [2.45, 2.75) is 43.5 Å². The Balaban J connectivity index is 1.32. The van der Waals surface area contributed by atoms with Crippen molar-refractivity contribution < 1.29 is 58.9 Å². The summed E-state index contributed by atoms with van der Waals surface area (Å²) in [4.78, 5) is 53.1. The number of hydrogen-bond acceptors (Lipinski definition) is 14. The summed E-state index contributed by atoms with van der Waals surface area (Å²) in [5, 5.41) is 58.6. The molecule has 0 bridgehead atoms. The van der Waals surface area contributed by atoms with Gasteiger partial charge in [0.2, 0.25) is 12.1 Å². The molecule has 2 aromatic carbocycles. The average molecular weight is 678 g/mol. The van der Waals surface area contributed by atoms with E-state index in [1.54, 1.807) is 19.1 Å². The van der Waals surface area contributed by atoms with Crippen LogP contribution in [0.5, 0.6) is 17.2 Å². The van der Waals surface area contributed by atoms with Gasteiger partial charge < -0.3 is 50.8 Å². The van der Waals surface area contributed by atoms with Gasteiger partial charge in [-0.25, -0.2) is 0 Å². The van der Waals surface area contributed by atoms with Crippen LogP contribution in [-0.2, 0) is 14.3 Å². The third-order valence-corrected chi connectivity index (χ3v) is 9.21. The standard InChI is InChI=1S/C34H35N3O12/c1-15-7-19-27(21(39)8-15)30(43)28-20(29(19)42)10-18(47-2)11-22(28)48-33-31(44)32(45)34(46,23(14-38)49-33)12-17(16-5-6-36-24(35)9-16)13-37-25(40)3-4-26(37)41/h3-5,7-11,17,23,31-33,36,38-39,44-46H,6,12-14,35H2,1-2H3/t17-,23-,31-,32-,33-,34-/m1/s1. The monoisotopic (exact) mass is 677 g/mol. The smallest absolute Gasteiger partial charge is 0.253 e. The number of aliphatic hydroxyl groups is 4. The summed E-state index contributed by atoms with van der Waals surface area (Å²) in [6.07, 6.45) is -2.43. The molecule has 0 saturated carbocycles. The highest BCUT2D eigenvalue weighted by atomic mass is 16.7. The number of amides is 2. The minimum Gasteiger partial charge on any atom is -0.507 e.